The topological polar surface area (TPSA) is 93.5 Å². The third kappa shape index (κ3) is 4.80. The number of carbonyl (C=O) groups is 1. The summed E-state index contributed by atoms with van der Waals surface area (Å²) in [5.41, 5.74) is 3.78. The molecule has 3 rings (SSSR count). The number of hydrogen-bond acceptors (Lipinski definition) is 5. The minimum Gasteiger partial charge on any atom is -0.306 e. The van der Waals surface area contributed by atoms with E-state index in [1.54, 1.807) is 10.7 Å². The van der Waals surface area contributed by atoms with Gasteiger partial charge in [0.15, 0.2) is 0 Å². The Morgan fingerprint density at radius 2 is 1.74 bits per heavy atom. The zero-order valence-corrected chi connectivity index (χ0v) is 19.4. The SMILES string of the molecule is CON(C)S(=O)(=O)c1cc(C(=O)Nc2cc(C)nn2-c2cc(C)cc(C)c2)ccc1Cl. The van der Waals surface area contributed by atoms with Gasteiger partial charge in [-0.25, -0.2) is 13.1 Å². The second-order valence-corrected chi connectivity index (χ2v) is 9.44. The van der Waals surface area contributed by atoms with Gasteiger partial charge in [0.05, 0.1) is 23.5 Å². The van der Waals surface area contributed by atoms with E-state index < -0.39 is 15.9 Å². The first-order chi connectivity index (χ1) is 14.5. The lowest BCUT2D eigenvalue weighted by Crippen LogP contribution is -2.26. The van der Waals surface area contributed by atoms with Crippen molar-refractivity contribution in [2.75, 3.05) is 19.5 Å². The fraction of sp³-hybridized carbons (Fsp3) is 0.238. The number of nitrogens with zero attached hydrogens (tertiary/aromatic N) is 3. The number of carbonyl (C=O) groups excluding carboxylic acids is 1. The summed E-state index contributed by atoms with van der Waals surface area (Å²) in [6.07, 6.45) is 0. The molecule has 164 valence electrons. The van der Waals surface area contributed by atoms with Gasteiger partial charge >= 0.3 is 0 Å². The molecule has 0 saturated heterocycles. The molecule has 3 aromatic rings. The first-order valence-electron chi connectivity index (χ1n) is 9.32. The molecule has 0 fully saturated rings. The average Bonchev–Trinajstić information content (AvgIpc) is 3.06. The molecule has 1 aromatic heterocycles. The fourth-order valence-electron chi connectivity index (χ4n) is 3.13. The molecule has 1 amide bonds. The Bertz CT molecular complexity index is 1230. The van der Waals surface area contributed by atoms with Gasteiger partial charge in [0.1, 0.15) is 10.7 Å². The van der Waals surface area contributed by atoms with Crippen molar-refractivity contribution in [3.05, 3.63) is 69.9 Å². The van der Waals surface area contributed by atoms with Gasteiger partial charge in [-0.15, -0.1) is 0 Å². The van der Waals surface area contributed by atoms with Crippen LogP contribution in [0.4, 0.5) is 5.82 Å². The van der Waals surface area contributed by atoms with E-state index in [0.717, 1.165) is 22.5 Å². The summed E-state index contributed by atoms with van der Waals surface area (Å²) in [7, 11) is -1.56. The van der Waals surface area contributed by atoms with Crippen LogP contribution in [0.2, 0.25) is 5.02 Å². The van der Waals surface area contributed by atoms with Gasteiger partial charge in [0, 0.05) is 18.7 Å². The molecular weight excluding hydrogens is 440 g/mol. The van der Waals surface area contributed by atoms with Crippen molar-refractivity contribution in [2.24, 2.45) is 0 Å². The van der Waals surface area contributed by atoms with E-state index in [4.69, 9.17) is 16.4 Å². The molecule has 8 nitrogen and oxygen atoms in total. The number of amides is 1. The highest BCUT2D eigenvalue weighted by atomic mass is 35.5. The normalized spacial score (nSPS) is 11.7. The minimum atomic E-state index is -4.02. The number of rotatable bonds is 6. The van der Waals surface area contributed by atoms with E-state index in [9.17, 15) is 13.2 Å². The van der Waals surface area contributed by atoms with E-state index in [-0.39, 0.29) is 15.5 Å². The van der Waals surface area contributed by atoms with Crippen LogP contribution in [0.15, 0.2) is 47.4 Å². The second kappa shape index (κ2) is 8.80. The number of halogens is 1. The zero-order chi connectivity index (χ0) is 22.9. The van der Waals surface area contributed by atoms with Gasteiger partial charge in [0.2, 0.25) is 0 Å². The Morgan fingerprint density at radius 3 is 2.35 bits per heavy atom. The number of benzene rings is 2. The molecule has 0 aliphatic rings. The van der Waals surface area contributed by atoms with Gasteiger partial charge < -0.3 is 5.32 Å². The fourth-order valence-corrected chi connectivity index (χ4v) is 4.60. The summed E-state index contributed by atoms with van der Waals surface area (Å²) >= 11 is 6.08. The molecule has 1 N–H and O–H groups in total. The summed E-state index contributed by atoms with van der Waals surface area (Å²) in [6.45, 7) is 5.79. The highest BCUT2D eigenvalue weighted by Crippen LogP contribution is 2.26. The molecule has 0 unspecified atom stereocenters. The lowest BCUT2D eigenvalue weighted by atomic mass is 10.1. The molecule has 1 heterocycles. The van der Waals surface area contributed by atoms with Crippen molar-refractivity contribution in [3.8, 4) is 5.69 Å². The van der Waals surface area contributed by atoms with Crippen LogP contribution in [0, 0.1) is 20.8 Å². The molecule has 0 spiro atoms. The number of sulfonamides is 1. The lowest BCUT2D eigenvalue weighted by Gasteiger charge is -2.16. The number of aryl methyl sites for hydroxylation is 3. The molecule has 0 aliphatic heterocycles. The Hall–Kier alpha value is -2.72. The Morgan fingerprint density at radius 1 is 1.10 bits per heavy atom. The van der Waals surface area contributed by atoms with Crippen LogP contribution >= 0.6 is 11.6 Å². The van der Waals surface area contributed by atoms with E-state index in [1.165, 1.54) is 32.4 Å². The van der Waals surface area contributed by atoms with Crippen LogP contribution in [0.1, 0.15) is 27.2 Å². The van der Waals surface area contributed by atoms with Crippen LogP contribution in [0.5, 0.6) is 0 Å². The Balaban J connectivity index is 1.98. The third-order valence-corrected chi connectivity index (χ3v) is 6.75. The lowest BCUT2D eigenvalue weighted by molar-refractivity contribution is -0.0258. The first-order valence-corrected chi connectivity index (χ1v) is 11.1. The van der Waals surface area contributed by atoms with Crippen LogP contribution in [-0.2, 0) is 14.9 Å². The first kappa shape index (κ1) is 23.0. The van der Waals surface area contributed by atoms with Crippen molar-refractivity contribution in [1.82, 2.24) is 14.2 Å². The molecule has 31 heavy (non-hydrogen) atoms. The molecule has 10 heteroatoms. The van der Waals surface area contributed by atoms with Crippen molar-refractivity contribution < 1.29 is 18.0 Å². The third-order valence-electron chi connectivity index (χ3n) is 4.59. The van der Waals surface area contributed by atoms with Crippen molar-refractivity contribution in [1.29, 1.82) is 0 Å². The number of aromatic nitrogens is 2. The van der Waals surface area contributed by atoms with Crippen LogP contribution in [0.25, 0.3) is 5.69 Å². The van der Waals surface area contributed by atoms with Gasteiger partial charge in [-0.1, -0.05) is 22.1 Å². The number of nitrogens with one attached hydrogen (secondary N) is 1. The number of hydroxylamine groups is 1. The summed E-state index contributed by atoms with van der Waals surface area (Å²) < 4.78 is 27.5. The van der Waals surface area contributed by atoms with Crippen LogP contribution in [-0.4, -0.2) is 42.7 Å². The summed E-state index contributed by atoms with van der Waals surface area (Å²) in [5.74, 6) is -0.0421. The highest BCUT2D eigenvalue weighted by molar-refractivity contribution is 7.89. The molecule has 0 radical (unpaired) electrons. The smallest absolute Gasteiger partial charge is 0.266 e. The molecular formula is C21H23ClN4O4S. The predicted octanol–water partition coefficient (Wildman–Crippen LogP) is 3.89. The minimum absolute atomic E-state index is 0.0171. The van der Waals surface area contributed by atoms with Crippen LogP contribution < -0.4 is 5.32 Å². The van der Waals surface area contributed by atoms with Gasteiger partial charge in [-0.05, 0) is 62.2 Å². The van der Waals surface area contributed by atoms with Gasteiger partial charge in [0.25, 0.3) is 15.9 Å². The Labute approximate surface area is 186 Å². The number of hydrogen-bond donors (Lipinski definition) is 1. The van der Waals surface area contributed by atoms with Gasteiger partial charge in [-0.3, -0.25) is 9.63 Å². The molecule has 0 saturated carbocycles. The van der Waals surface area contributed by atoms with Crippen molar-refractivity contribution in [2.45, 2.75) is 25.7 Å². The molecule has 0 aliphatic carbocycles. The maximum Gasteiger partial charge on any atom is 0.266 e. The monoisotopic (exact) mass is 462 g/mol. The number of anilines is 1. The van der Waals surface area contributed by atoms with Crippen molar-refractivity contribution >= 4 is 33.3 Å². The predicted molar refractivity (Wildman–Crippen MR) is 119 cm³/mol. The van der Waals surface area contributed by atoms with Crippen molar-refractivity contribution in [3.63, 3.8) is 0 Å². The van der Waals surface area contributed by atoms with E-state index in [1.807, 2.05) is 39.0 Å². The van der Waals surface area contributed by atoms with Crippen LogP contribution in [0.3, 0.4) is 0 Å². The summed E-state index contributed by atoms with van der Waals surface area (Å²) in [6, 6.07) is 11.7. The highest BCUT2D eigenvalue weighted by Gasteiger charge is 2.25. The maximum absolute atomic E-state index is 12.9. The Kier molecular flexibility index (Phi) is 6.51. The second-order valence-electron chi connectivity index (χ2n) is 7.13. The maximum atomic E-state index is 12.9. The van der Waals surface area contributed by atoms with Gasteiger partial charge in [-0.2, -0.15) is 5.10 Å². The largest absolute Gasteiger partial charge is 0.306 e. The molecule has 0 atom stereocenters. The van der Waals surface area contributed by atoms with E-state index >= 15 is 0 Å². The molecule has 0 bridgehead atoms. The zero-order valence-electron chi connectivity index (χ0n) is 17.8. The standard InChI is InChI=1S/C21H23ClN4O4S/c1-13-8-14(2)10-17(9-13)26-20(11-15(3)24-26)23-21(27)16-6-7-18(22)19(12-16)31(28,29)25(4)30-5/h6-12H,1-5H3,(H,23,27). The summed E-state index contributed by atoms with van der Waals surface area (Å²) in [5, 5.41) is 7.26. The summed E-state index contributed by atoms with van der Waals surface area (Å²) in [4.78, 5) is 17.5. The average molecular weight is 463 g/mol. The van der Waals surface area contributed by atoms with E-state index in [2.05, 4.69) is 10.4 Å². The molecule has 2 aromatic carbocycles. The van der Waals surface area contributed by atoms with E-state index in [0.29, 0.717) is 10.3 Å². The quantitative estimate of drug-likeness (QED) is 0.561.